The predicted molar refractivity (Wildman–Crippen MR) is 96.5 cm³/mol. The van der Waals surface area contributed by atoms with E-state index in [0.717, 1.165) is 22.5 Å². The Kier molecular flexibility index (Phi) is 4.04. The lowest BCUT2D eigenvalue weighted by Crippen LogP contribution is -2.51. The molecule has 5 heteroatoms. The van der Waals surface area contributed by atoms with Crippen LogP contribution in [0.1, 0.15) is 16.8 Å². The molecular weight excluding hydrogens is 317 g/mol. The smallest absolute Gasteiger partial charge is 0.233 e. The molecule has 0 radical (unpaired) electrons. The minimum Gasteiger partial charge on any atom is -0.309 e. The molecule has 2 aliphatic heterocycles. The first-order chi connectivity index (χ1) is 12.0. The first-order valence-corrected chi connectivity index (χ1v) is 8.74. The summed E-state index contributed by atoms with van der Waals surface area (Å²) in [6.07, 6.45) is 1.50. The van der Waals surface area contributed by atoms with Crippen molar-refractivity contribution in [2.75, 3.05) is 31.1 Å². The number of halogens is 1. The number of carbonyl (C=O) groups is 1. The fraction of sp³-hybridized carbons (Fsp3) is 0.400. The van der Waals surface area contributed by atoms with E-state index in [1.54, 1.807) is 4.90 Å². The molecule has 0 bridgehead atoms. The summed E-state index contributed by atoms with van der Waals surface area (Å²) in [6.45, 7) is 6.43. The number of aryl methyl sites for hydroxylation is 2. The molecule has 1 aromatic heterocycles. The molecular formula is C20H22FN3O. The van der Waals surface area contributed by atoms with Gasteiger partial charge in [-0.3, -0.25) is 14.7 Å². The average molecular weight is 339 g/mol. The molecule has 0 saturated carbocycles. The minimum atomic E-state index is -0.709. The van der Waals surface area contributed by atoms with Gasteiger partial charge >= 0.3 is 0 Å². The van der Waals surface area contributed by atoms with Crippen molar-refractivity contribution in [2.45, 2.75) is 26.4 Å². The van der Waals surface area contributed by atoms with Crippen molar-refractivity contribution in [3.05, 3.63) is 47.3 Å². The van der Waals surface area contributed by atoms with Crippen LogP contribution < -0.4 is 4.90 Å². The standard InChI is InChI=1S/C20H22FN3O/c1-13-5-14(2)7-15(6-13)16-8-19-18(22-10-16)9-20(25)24(19)4-3-23-11-17(21)12-23/h5-8,10,17H,3-4,9,11-12H2,1-2H3. The van der Waals surface area contributed by atoms with E-state index in [9.17, 15) is 9.18 Å². The molecule has 2 aromatic rings. The van der Waals surface area contributed by atoms with Crippen molar-refractivity contribution in [1.82, 2.24) is 9.88 Å². The number of benzene rings is 1. The van der Waals surface area contributed by atoms with Gasteiger partial charge in [-0.1, -0.05) is 29.3 Å². The van der Waals surface area contributed by atoms with Crippen LogP contribution >= 0.6 is 0 Å². The fourth-order valence-electron chi connectivity index (χ4n) is 3.70. The molecule has 3 heterocycles. The Morgan fingerprint density at radius 1 is 1.08 bits per heavy atom. The van der Waals surface area contributed by atoms with Crippen LogP contribution in [-0.4, -0.2) is 48.1 Å². The van der Waals surface area contributed by atoms with E-state index in [0.29, 0.717) is 32.6 Å². The molecule has 0 unspecified atom stereocenters. The number of hydrogen-bond donors (Lipinski definition) is 0. The van der Waals surface area contributed by atoms with E-state index in [2.05, 4.69) is 43.1 Å². The number of likely N-dealkylation sites (tertiary alicyclic amines) is 1. The highest BCUT2D eigenvalue weighted by Gasteiger charge is 2.31. The van der Waals surface area contributed by atoms with Crippen LogP contribution in [0.4, 0.5) is 10.1 Å². The van der Waals surface area contributed by atoms with Gasteiger partial charge < -0.3 is 4.90 Å². The van der Waals surface area contributed by atoms with Gasteiger partial charge in [-0.15, -0.1) is 0 Å². The molecule has 0 aliphatic carbocycles. The summed E-state index contributed by atoms with van der Waals surface area (Å²) in [7, 11) is 0. The Morgan fingerprint density at radius 3 is 2.48 bits per heavy atom. The number of carbonyl (C=O) groups excluding carboxylic acids is 1. The van der Waals surface area contributed by atoms with Gasteiger partial charge in [0.1, 0.15) is 6.17 Å². The maximum atomic E-state index is 13.0. The number of fused-ring (bicyclic) bond motifs is 1. The second-order valence-corrected chi connectivity index (χ2v) is 7.15. The molecule has 130 valence electrons. The number of hydrogen-bond acceptors (Lipinski definition) is 3. The zero-order valence-electron chi connectivity index (χ0n) is 14.6. The second-order valence-electron chi connectivity index (χ2n) is 7.15. The van der Waals surface area contributed by atoms with Crippen LogP contribution in [0.15, 0.2) is 30.5 Å². The highest BCUT2D eigenvalue weighted by atomic mass is 19.1. The summed E-state index contributed by atoms with van der Waals surface area (Å²) < 4.78 is 13.0. The zero-order chi connectivity index (χ0) is 17.6. The first-order valence-electron chi connectivity index (χ1n) is 8.74. The van der Waals surface area contributed by atoms with E-state index in [1.807, 2.05) is 11.1 Å². The van der Waals surface area contributed by atoms with Gasteiger partial charge in [-0.25, -0.2) is 4.39 Å². The summed E-state index contributed by atoms with van der Waals surface area (Å²) >= 11 is 0. The van der Waals surface area contributed by atoms with E-state index >= 15 is 0 Å². The molecule has 1 fully saturated rings. The lowest BCUT2D eigenvalue weighted by Gasteiger charge is -2.35. The third kappa shape index (κ3) is 3.16. The van der Waals surface area contributed by atoms with E-state index in [1.165, 1.54) is 11.1 Å². The highest BCUT2D eigenvalue weighted by Crippen LogP contribution is 2.32. The summed E-state index contributed by atoms with van der Waals surface area (Å²) in [5.41, 5.74) is 6.31. The molecule has 2 aliphatic rings. The molecule has 25 heavy (non-hydrogen) atoms. The zero-order valence-corrected chi connectivity index (χ0v) is 14.6. The van der Waals surface area contributed by atoms with Crippen molar-refractivity contribution in [1.29, 1.82) is 0 Å². The van der Waals surface area contributed by atoms with Gasteiger partial charge in [0, 0.05) is 37.9 Å². The lowest BCUT2D eigenvalue weighted by molar-refractivity contribution is -0.117. The second kappa shape index (κ2) is 6.23. The van der Waals surface area contributed by atoms with Crippen LogP contribution in [0.3, 0.4) is 0 Å². The van der Waals surface area contributed by atoms with E-state index in [4.69, 9.17) is 0 Å². The fourth-order valence-corrected chi connectivity index (χ4v) is 3.70. The molecule has 1 aromatic carbocycles. The number of rotatable bonds is 4. The summed E-state index contributed by atoms with van der Waals surface area (Å²) in [6, 6.07) is 8.48. The largest absolute Gasteiger partial charge is 0.309 e. The molecule has 0 N–H and O–H groups in total. The van der Waals surface area contributed by atoms with Crippen LogP contribution in [0.25, 0.3) is 11.1 Å². The third-order valence-corrected chi connectivity index (χ3v) is 4.97. The summed E-state index contributed by atoms with van der Waals surface area (Å²) in [4.78, 5) is 20.7. The number of anilines is 1. The minimum absolute atomic E-state index is 0.0809. The summed E-state index contributed by atoms with van der Waals surface area (Å²) in [5, 5.41) is 0. The maximum Gasteiger partial charge on any atom is 0.233 e. The Balaban J connectivity index is 1.59. The third-order valence-electron chi connectivity index (χ3n) is 4.97. The van der Waals surface area contributed by atoms with Gasteiger partial charge in [-0.2, -0.15) is 0 Å². The van der Waals surface area contributed by atoms with Crippen molar-refractivity contribution in [3.8, 4) is 11.1 Å². The van der Waals surface area contributed by atoms with Gasteiger partial charge in [0.2, 0.25) is 5.91 Å². The Morgan fingerprint density at radius 2 is 1.80 bits per heavy atom. The number of aromatic nitrogens is 1. The molecule has 0 atom stereocenters. The number of amides is 1. The normalized spacial score (nSPS) is 17.7. The van der Waals surface area contributed by atoms with Gasteiger partial charge in [0.15, 0.2) is 0 Å². The topological polar surface area (TPSA) is 36.4 Å². The highest BCUT2D eigenvalue weighted by molar-refractivity contribution is 6.01. The van der Waals surface area contributed by atoms with Crippen molar-refractivity contribution < 1.29 is 9.18 Å². The van der Waals surface area contributed by atoms with Crippen LogP contribution in [0.5, 0.6) is 0 Å². The Hall–Kier alpha value is -2.27. The molecule has 4 nitrogen and oxygen atoms in total. The van der Waals surface area contributed by atoms with Crippen molar-refractivity contribution >= 4 is 11.6 Å². The molecule has 4 rings (SSSR count). The quantitative estimate of drug-likeness (QED) is 0.859. The van der Waals surface area contributed by atoms with E-state index < -0.39 is 6.17 Å². The van der Waals surface area contributed by atoms with E-state index in [-0.39, 0.29) is 5.91 Å². The Labute approximate surface area is 147 Å². The van der Waals surface area contributed by atoms with Gasteiger partial charge in [-0.05, 0) is 25.5 Å². The van der Waals surface area contributed by atoms with Crippen LogP contribution in [0, 0.1) is 13.8 Å². The molecule has 1 amide bonds. The predicted octanol–water partition coefficient (Wildman–Crippen LogP) is 2.91. The number of pyridine rings is 1. The van der Waals surface area contributed by atoms with Crippen LogP contribution in [-0.2, 0) is 11.2 Å². The van der Waals surface area contributed by atoms with Crippen LogP contribution in [0.2, 0.25) is 0 Å². The maximum absolute atomic E-state index is 13.0. The monoisotopic (exact) mass is 339 g/mol. The molecule has 0 spiro atoms. The SMILES string of the molecule is Cc1cc(C)cc(-c2cnc3c(c2)N(CCN2CC(F)C2)C(=O)C3)c1. The number of alkyl halides is 1. The number of nitrogens with zero attached hydrogens (tertiary/aromatic N) is 3. The molecule has 1 saturated heterocycles. The first kappa shape index (κ1) is 16.2. The van der Waals surface area contributed by atoms with Gasteiger partial charge in [0.05, 0.1) is 17.8 Å². The summed E-state index contributed by atoms with van der Waals surface area (Å²) in [5.74, 6) is 0.0809. The Bertz CT molecular complexity index is 809. The lowest BCUT2D eigenvalue weighted by atomic mass is 10.0. The van der Waals surface area contributed by atoms with Crippen molar-refractivity contribution in [3.63, 3.8) is 0 Å². The van der Waals surface area contributed by atoms with Crippen molar-refractivity contribution in [2.24, 2.45) is 0 Å². The van der Waals surface area contributed by atoms with Gasteiger partial charge in [0.25, 0.3) is 0 Å². The average Bonchev–Trinajstić information content (AvgIpc) is 2.84.